The number of pyridine rings is 1. The number of carboxylic acid groups (broad SMARTS) is 1. The van der Waals surface area contributed by atoms with Gasteiger partial charge >= 0.3 is 12.0 Å². The molecule has 0 saturated carbocycles. The lowest BCUT2D eigenvalue weighted by atomic mass is 10.1. The van der Waals surface area contributed by atoms with Crippen LogP contribution < -0.4 is 16.0 Å². The zero-order valence-electron chi connectivity index (χ0n) is 18.6. The first-order valence-electron chi connectivity index (χ1n) is 11.0. The number of amides is 3. The minimum atomic E-state index is -1.09. The van der Waals surface area contributed by atoms with Gasteiger partial charge in [0.05, 0.1) is 16.8 Å². The third-order valence-electron chi connectivity index (χ3n) is 5.13. The number of unbranched alkanes of at least 4 members (excludes halogenated alkanes) is 2. The van der Waals surface area contributed by atoms with E-state index in [2.05, 4.69) is 27.9 Å². The van der Waals surface area contributed by atoms with Gasteiger partial charge in [0.1, 0.15) is 5.82 Å². The smallest absolute Gasteiger partial charge is 0.337 e. The van der Waals surface area contributed by atoms with E-state index < -0.39 is 5.97 Å². The van der Waals surface area contributed by atoms with Crippen LogP contribution in [0, 0.1) is 0 Å². The van der Waals surface area contributed by atoms with Crippen LogP contribution in [0.1, 0.15) is 48.5 Å². The quantitative estimate of drug-likeness (QED) is 0.332. The Labute approximate surface area is 192 Å². The second-order valence-electron chi connectivity index (χ2n) is 7.71. The highest BCUT2D eigenvalue weighted by molar-refractivity contribution is 6.00. The van der Waals surface area contributed by atoms with E-state index in [1.165, 1.54) is 6.07 Å². The Morgan fingerprint density at radius 3 is 2.58 bits per heavy atom. The SMILES string of the molecule is CCCCCNC(=O)Nc1ccc2cc(CCC(=O)Nc3ccccc3C(=O)O)ccc2n1. The molecule has 33 heavy (non-hydrogen) atoms. The van der Waals surface area contributed by atoms with Crippen LogP contribution in [-0.4, -0.2) is 34.5 Å². The summed E-state index contributed by atoms with van der Waals surface area (Å²) in [4.78, 5) is 40.0. The normalized spacial score (nSPS) is 10.6. The number of carboxylic acids is 1. The fourth-order valence-electron chi connectivity index (χ4n) is 3.39. The van der Waals surface area contributed by atoms with Crippen LogP contribution in [0.15, 0.2) is 54.6 Å². The third kappa shape index (κ3) is 7.03. The standard InChI is InChI=1S/C25H28N4O4/c1-2-3-6-15-26-25(33)29-22-13-11-18-16-17(9-12-20(18)27-22)10-14-23(30)28-21-8-5-4-7-19(21)24(31)32/h4-5,7-9,11-13,16H,2-3,6,10,14-15H2,1H3,(H,28,30)(H,31,32)(H2,26,27,29,33). The van der Waals surface area contributed by atoms with Gasteiger partial charge in [-0.3, -0.25) is 10.1 Å². The van der Waals surface area contributed by atoms with Crippen LogP contribution in [0.3, 0.4) is 0 Å². The van der Waals surface area contributed by atoms with Crippen molar-refractivity contribution in [3.05, 3.63) is 65.7 Å². The Hall–Kier alpha value is -3.94. The van der Waals surface area contributed by atoms with E-state index in [9.17, 15) is 19.5 Å². The van der Waals surface area contributed by atoms with Gasteiger partial charge in [0.15, 0.2) is 0 Å². The largest absolute Gasteiger partial charge is 0.478 e. The topological polar surface area (TPSA) is 120 Å². The van der Waals surface area contributed by atoms with E-state index >= 15 is 0 Å². The van der Waals surface area contributed by atoms with Crippen LogP contribution in [0.2, 0.25) is 0 Å². The predicted octanol–water partition coefficient (Wildman–Crippen LogP) is 4.82. The summed E-state index contributed by atoms with van der Waals surface area (Å²) < 4.78 is 0. The van der Waals surface area contributed by atoms with Crippen molar-refractivity contribution < 1.29 is 19.5 Å². The maximum absolute atomic E-state index is 12.3. The van der Waals surface area contributed by atoms with Crippen LogP contribution in [0.4, 0.5) is 16.3 Å². The van der Waals surface area contributed by atoms with Crippen molar-refractivity contribution >= 4 is 40.3 Å². The number of fused-ring (bicyclic) bond motifs is 1. The number of nitrogens with one attached hydrogen (secondary N) is 3. The van der Waals surface area contributed by atoms with Gasteiger partial charge in [-0.15, -0.1) is 0 Å². The molecule has 1 heterocycles. The summed E-state index contributed by atoms with van der Waals surface area (Å²) >= 11 is 0. The molecule has 0 radical (unpaired) electrons. The Morgan fingerprint density at radius 1 is 0.970 bits per heavy atom. The number of hydrogen-bond donors (Lipinski definition) is 4. The van der Waals surface area contributed by atoms with Crippen molar-refractivity contribution in [1.82, 2.24) is 10.3 Å². The maximum Gasteiger partial charge on any atom is 0.337 e. The Kier molecular flexibility index (Phi) is 8.35. The van der Waals surface area contributed by atoms with Crippen molar-refractivity contribution in [3.8, 4) is 0 Å². The van der Waals surface area contributed by atoms with E-state index in [0.29, 0.717) is 18.8 Å². The van der Waals surface area contributed by atoms with E-state index in [-0.39, 0.29) is 29.6 Å². The number of aromatic carboxylic acids is 1. The maximum atomic E-state index is 12.3. The van der Waals surface area contributed by atoms with Crippen LogP contribution in [0.5, 0.6) is 0 Å². The fraction of sp³-hybridized carbons (Fsp3) is 0.280. The van der Waals surface area contributed by atoms with Gasteiger partial charge in [-0.05, 0) is 54.8 Å². The number of aromatic nitrogens is 1. The lowest BCUT2D eigenvalue weighted by Gasteiger charge is -2.09. The molecule has 8 nitrogen and oxygen atoms in total. The number of aryl methyl sites for hydroxylation is 1. The molecular formula is C25H28N4O4. The number of urea groups is 1. The Balaban J connectivity index is 1.56. The molecule has 0 spiro atoms. The first-order valence-corrected chi connectivity index (χ1v) is 11.0. The minimum absolute atomic E-state index is 0.0571. The first kappa shape index (κ1) is 23.7. The van der Waals surface area contributed by atoms with Gasteiger partial charge < -0.3 is 15.7 Å². The molecule has 2 aromatic carbocycles. The number of para-hydroxylation sites is 1. The molecule has 0 aliphatic rings. The molecule has 3 amide bonds. The zero-order chi connectivity index (χ0) is 23.6. The summed E-state index contributed by atoms with van der Waals surface area (Å²) in [5, 5.41) is 18.4. The summed E-state index contributed by atoms with van der Waals surface area (Å²) in [5.74, 6) is -0.873. The monoisotopic (exact) mass is 448 g/mol. The first-order chi connectivity index (χ1) is 16.0. The molecule has 8 heteroatoms. The van der Waals surface area contributed by atoms with Crippen LogP contribution in [0.25, 0.3) is 10.9 Å². The number of carbonyl (C=O) groups is 3. The molecular weight excluding hydrogens is 420 g/mol. The summed E-state index contributed by atoms with van der Waals surface area (Å²) in [7, 11) is 0. The van der Waals surface area contributed by atoms with Gasteiger partial charge in [0, 0.05) is 18.4 Å². The molecule has 0 aliphatic heterocycles. The Bertz CT molecular complexity index is 1150. The second kappa shape index (κ2) is 11.6. The molecule has 0 bridgehead atoms. The van der Waals surface area contributed by atoms with Crippen molar-refractivity contribution in [2.45, 2.75) is 39.0 Å². The Morgan fingerprint density at radius 2 is 1.79 bits per heavy atom. The molecule has 172 valence electrons. The number of anilines is 2. The molecule has 0 aliphatic carbocycles. The van der Waals surface area contributed by atoms with Crippen molar-refractivity contribution in [1.29, 1.82) is 0 Å². The number of benzene rings is 2. The van der Waals surface area contributed by atoms with Gasteiger partial charge in [-0.1, -0.05) is 38.0 Å². The molecule has 0 saturated heterocycles. The lowest BCUT2D eigenvalue weighted by molar-refractivity contribution is -0.116. The van der Waals surface area contributed by atoms with Gasteiger partial charge in [-0.25, -0.2) is 14.6 Å². The highest BCUT2D eigenvalue weighted by Crippen LogP contribution is 2.19. The summed E-state index contributed by atoms with van der Waals surface area (Å²) in [6.45, 7) is 2.74. The third-order valence-corrected chi connectivity index (χ3v) is 5.13. The van der Waals surface area contributed by atoms with Crippen molar-refractivity contribution in [3.63, 3.8) is 0 Å². The van der Waals surface area contributed by atoms with Gasteiger partial charge in [0.2, 0.25) is 5.91 Å². The average molecular weight is 449 g/mol. The molecule has 4 N–H and O–H groups in total. The average Bonchev–Trinajstić information content (AvgIpc) is 2.80. The molecule has 0 unspecified atom stereocenters. The second-order valence-corrected chi connectivity index (χ2v) is 7.71. The summed E-state index contributed by atoms with van der Waals surface area (Å²) in [5.41, 5.74) is 2.04. The number of rotatable bonds is 10. The molecule has 1 aromatic heterocycles. The van der Waals surface area contributed by atoms with Gasteiger partial charge in [-0.2, -0.15) is 0 Å². The molecule has 0 fully saturated rings. The molecule has 0 atom stereocenters. The lowest BCUT2D eigenvalue weighted by Crippen LogP contribution is -2.29. The number of carbonyl (C=O) groups excluding carboxylic acids is 2. The van der Waals surface area contributed by atoms with E-state index in [1.54, 1.807) is 24.3 Å². The van der Waals surface area contributed by atoms with Crippen LogP contribution in [-0.2, 0) is 11.2 Å². The summed E-state index contributed by atoms with van der Waals surface area (Å²) in [6, 6.07) is 15.4. The zero-order valence-corrected chi connectivity index (χ0v) is 18.6. The minimum Gasteiger partial charge on any atom is -0.478 e. The van der Waals surface area contributed by atoms with E-state index in [4.69, 9.17) is 0 Å². The van der Waals surface area contributed by atoms with Crippen LogP contribution >= 0.6 is 0 Å². The number of nitrogens with zero attached hydrogens (tertiary/aromatic N) is 1. The molecule has 3 rings (SSSR count). The van der Waals surface area contributed by atoms with Crippen molar-refractivity contribution in [2.24, 2.45) is 0 Å². The van der Waals surface area contributed by atoms with E-state index in [1.807, 2.05) is 24.3 Å². The van der Waals surface area contributed by atoms with Gasteiger partial charge in [0.25, 0.3) is 0 Å². The predicted molar refractivity (Wildman–Crippen MR) is 129 cm³/mol. The van der Waals surface area contributed by atoms with Crippen molar-refractivity contribution in [2.75, 3.05) is 17.2 Å². The fourth-order valence-corrected chi connectivity index (χ4v) is 3.39. The van der Waals surface area contributed by atoms with E-state index in [0.717, 1.165) is 35.7 Å². The highest BCUT2D eigenvalue weighted by Gasteiger charge is 2.12. The number of hydrogen-bond acceptors (Lipinski definition) is 4. The highest BCUT2D eigenvalue weighted by atomic mass is 16.4. The molecule has 3 aromatic rings. The summed E-state index contributed by atoms with van der Waals surface area (Å²) in [6.07, 6.45) is 3.83.